The third-order valence-electron chi connectivity index (χ3n) is 2.33. The number of fused-ring (bicyclic) bond motifs is 1. The number of nitrogens with zero attached hydrogens (tertiary/aromatic N) is 1. The van der Waals surface area contributed by atoms with Crippen LogP contribution in [0, 0.1) is 13.8 Å². The maximum absolute atomic E-state index is 9.21. The Morgan fingerprint density at radius 1 is 1.21 bits per heavy atom. The third-order valence-corrected chi connectivity index (χ3v) is 2.33. The first-order valence-electron chi connectivity index (χ1n) is 4.68. The number of aliphatic hydroxyl groups excluding tert-OH is 1. The molecule has 0 radical (unpaired) electrons. The van der Waals surface area contributed by atoms with Crippen molar-refractivity contribution < 1.29 is 5.11 Å². The van der Waals surface area contributed by atoms with E-state index in [4.69, 9.17) is 0 Å². The average Bonchev–Trinajstić information content (AvgIpc) is 2.17. The van der Waals surface area contributed by atoms with Gasteiger partial charge < -0.3 is 5.11 Å². The van der Waals surface area contributed by atoms with Gasteiger partial charge in [-0.05, 0) is 26.0 Å². The van der Waals surface area contributed by atoms with Crippen LogP contribution in [0.2, 0.25) is 0 Å². The maximum Gasteiger partial charge on any atom is 0.0760 e. The predicted octanol–water partition coefficient (Wildman–Crippen LogP) is 2.34. The number of rotatable bonds is 1. The number of aryl methyl sites for hydroxylation is 2. The lowest BCUT2D eigenvalue weighted by Gasteiger charge is -2.05. The summed E-state index contributed by atoms with van der Waals surface area (Å²) in [6.07, 6.45) is 0. The zero-order valence-electron chi connectivity index (χ0n) is 8.41. The molecule has 0 bridgehead atoms. The van der Waals surface area contributed by atoms with Crippen LogP contribution in [0.3, 0.4) is 0 Å². The Morgan fingerprint density at radius 3 is 2.71 bits per heavy atom. The standard InChI is InChI=1S/C12H13NO/c1-8-5-10-4-3-9(2)13-12(10)11(6-8)7-14/h3-6,14H,7H2,1-2H3. The summed E-state index contributed by atoms with van der Waals surface area (Å²) in [5.41, 5.74) is 3.96. The molecule has 0 aliphatic rings. The summed E-state index contributed by atoms with van der Waals surface area (Å²) in [4.78, 5) is 4.43. The molecule has 0 unspecified atom stereocenters. The second kappa shape index (κ2) is 3.39. The Kier molecular flexibility index (Phi) is 2.22. The van der Waals surface area contributed by atoms with Crippen molar-refractivity contribution in [1.29, 1.82) is 0 Å². The zero-order valence-corrected chi connectivity index (χ0v) is 8.41. The lowest BCUT2D eigenvalue weighted by atomic mass is 10.1. The van der Waals surface area contributed by atoms with Crippen molar-refractivity contribution in [3.63, 3.8) is 0 Å². The molecule has 0 aliphatic heterocycles. The normalized spacial score (nSPS) is 10.8. The van der Waals surface area contributed by atoms with Gasteiger partial charge in [0.15, 0.2) is 0 Å². The highest BCUT2D eigenvalue weighted by Gasteiger charge is 2.02. The molecule has 1 aromatic heterocycles. The molecule has 1 heterocycles. The van der Waals surface area contributed by atoms with E-state index in [1.807, 2.05) is 32.0 Å². The highest BCUT2D eigenvalue weighted by atomic mass is 16.3. The van der Waals surface area contributed by atoms with Crippen LogP contribution in [0.4, 0.5) is 0 Å². The van der Waals surface area contributed by atoms with Crippen LogP contribution in [0.1, 0.15) is 16.8 Å². The van der Waals surface area contributed by atoms with Gasteiger partial charge >= 0.3 is 0 Å². The topological polar surface area (TPSA) is 33.1 Å². The SMILES string of the molecule is Cc1cc(CO)c2nc(C)ccc2c1. The summed E-state index contributed by atoms with van der Waals surface area (Å²) in [6.45, 7) is 4.04. The van der Waals surface area contributed by atoms with E-state index in [0.717, 1.165) is 27.7 Å². The molecule has 0 atom stereocenters. The summed E-state index contributed by atoms with van der Waals surface area (Å²) in [7, 11) is 0. The van der Waals surface area contributed by atoms with Gasteiger partial charge in [0.1, 0.15) is 0 Å². The van der Waals surface area contributed by atoms with Gasteiger partial charge in [-0.25, -0.2) is 0 Å². The molecule has 0 amide bonds. The van der Waals surface area contributed by atoms with Gasteiger partial charge in [0, 0.05) is 16.6 Å². The van der Waals surface area contributed by atoms with E-state index < -0.39 is 0 Å². The van der Waals surface area contributed by atoms with Gasteiger partial charge in [-0.15, -0.1) is 0 Å². The first-order chi connectivity index (χ1) is 6.70. The van der Waals surface area contributed by atoms with E-state index in [0.29, 0.717) is 0 Å². The molecule has 0 aliphatic carbocycles. The van der Waals surface area contributed by atoms with E-state index in [2.05, 4.69) is 11.1 Å². The molecule has 14 heavy (non-hydrogen) atoms. The average molecular weight is 187 g/mol. The first-order valence-corrected chi connectivity index (χ1v) is 4.68. The van der Waals surface area contributed by atoms with Crippen LogP contribution in [-0.4, -0.2) is 10.1 Å². The minimum Gasteiger partial charge on any atom is -0.392 e. The second-order valence-electron chi connectivity index (χ2n) is 3.61. The second-order valence-corrected chi connectivity index (χ2v) is 3.61. The van der Waals surface area contributed by atoms with Crippen LogP contribution in [0.5, 0.6) is 0 Å². The molecule has 0 spiro atoms. The van der Waals surface area contributed by atoms with Gasteiger partial charge in [-0.1, -0.05) is 17.7 Å². The molecule has 2 heteroatoms. The lowest BCUT2D eigenvalue weighted by molar-refractivity contribution is 0.283. The Bertz CT molecular complexity index is 477. The van der Waals surface area contributed by atoms with Gasteiger partial charge in [-0.2, -0.15) is 0 Å². The van der Waals surface area contributed by atoms with Gasteiger partial charge in [0.2, 0.25) is 0 Å². The Hall–Kier alpha value is -1.41. The molecule has 2 aromatic rings. The third kappa shape index (κ3) is 1.49. The van der Waals surface area contributed by atoms with Crippen molar-refractivity contribution in [3.05, 3.63) is 41.1 Å². The molecule has 0 fully saturated rings. The van der Waals surface area contributed by atoms with Crippen molar-refractivity contribution >= 4 is 10.9 Å². The largest absolute Gasteiger partial charge is 0.392 e. The maximum atomic E-state index is 9.21. The fourth-order valence-corrected chi connectivity index (χ4v) is 1.69. The fraction of sp³-hybridized carbons (Fsp3) is 0.250. The lowest BCUT2D eigenvalue weighted by Crippen LogP contribution is -1.92. The van der Waals surface area contributed by atoms with E-state index >= 15 is 0 Å². The Labute approximate surface area is 83.2 Å². The summed E-state index contributed by atoms with van der Waals surface area (Å²) >= 11 is 0. The van der Waals surface area contributed by atoms with Crippen LogP contribution >= 0.6 is 0 Å². The van der Waals surface area contributed by atoms with E-state index in [9.17, 15) is 5.11 Å². The van der Waals surface area contributed by atoms with Gasteiger partial charge in [0.25, 0.3) is 0 Å². The summed E-state index contributed by atoms with van der Waals surface area (Å²) in [6, 6.07) is 8.10. The molecule has 0 saturated heterocycles. The highest BCUT2D eigenvalue weighted by molar-refractivity contribution is 5.82. The van der Waals surface area contributed by atoms with Gasteiger partial charge in [0.05, 0.1) is 12.1 Å². The van der Waals surface area contributed by atoms with Crippen molar-refractivity contribution in [2.75, 3.05) is 0 Å². The minimum absolute atomic E-state index is 0.0502. The first kappa shape index (κ1) is 9.16. The van der Waals surface area contributed by atoms with E-state index in [-0.39, 0.29) is 6.61 Å². The summed E-state index contributed by atoms with van der Waals surface area (Å²) in [5.74, 6) is 0. The summed E-state index contributed by atoms with van der Waals surface area (Å²) < 4.78 is 0. The number of aliphatic hydroxyl groups is 1. The number of pyridine rings is 1. The number of aromatic nitrogens is 1. The molecule has 2 rings (SSSR count). The van der Waals surface area contributed by atoms with Crippen LogP contribution in [0.15, 0.2) is 24.3 Å². The molecule has 2 nitrogen and oxygen atoms in total. The monoisotopic (exact) mass is 187 g/mol. The summed E-state index contributed by atoms with van der Waals surface area (Å²) in [5, 5.41) is 10.3. The molecule has 72 valence electrons. The van der Waals surface area contributed by atoms with E-state index in [1.54, 1.807) is 0 Å². The van der Waals surface area contributed by atoms with Crippen LogP contribution in [-0.2, 0) is 6.61 Å². The smallest absolute Gasteiger partial charge is 0.0760 e. The van der Waals surface area contributed by atoms with Crippen LogP contribution < -0.4 is 0 Å². The van der Waals surface area contributed by atoms with E-state index in [1.165, 1.54) is 0 Å². The number of hydrogen-bond acceptors (Lipinski definition) is 2. The number of hydrogen-bond donors (Lipinski definition) is 1. The van der Waals surface area contributed by atoms with Crippen molar-refractivity contribution in [3.8, 4) is 0 Å². The molecule has 1 N–H and O–H groups in total. The fourth-order valence-electron chi connectivity index (χ4n) is 1.69. The number of benzene rings is 1. The minimum atomic E-state index is 0.0502. The van der Waals surface area contributed by atoms with Crippen molar-refractivity contribution in [1.82, 2.24) is 4.98 Å². The molecule has 0 saturated carbocycles. The van der Waals surface area contributed by atoms with Crippen LogP contribution in [0.25, 0.3) is 10.9 Å². The molecular formula is C12H13NO. The predicted molar refractivity (Wildman–Crippen MR) is 57.1 cm³/mol. The Balaban J connectivity index is 2.81. The van der Waals surface area contributed by atoms with Gasteiger partial charge in [-0.3, -0.25) is 4.98 Å². The molecular weight excluding hydrogens is 174 g/mol. The highest BCUT2D eigenvalue weighted by Crippen LogP contribution is 2.19. The quantitative estimate of drug-likeness (QED) is 0.743. The van der Waals surface area contributed by atoms with Crippen molar-refractivity contribution in [2.45, 2.75) is 20.5 Å². The zero-order chi connectivity index (χ0) is 10.1. The Morgan fingerprint density at radius 2 is 2.00 bits per heavy atom. The molecule has 1 aromatic carbocycles. The van der Waals surface area contributed by atoms with Crippen molar-refractivity contribution in [2.24, 2.45) is 0 Å².